The summed E-state index contributed by atoms with van der Waals surface area (Å²) in [4.78, 5) is 62.5. The number of aryl methyl sites for hydroxylation is 1. The number of nitrogens with one attached hydrogen (secondary N) is 1. The van der Waals surface area contributed by atoms with Crippen molar-refractivity contribution in [3.8, 4) is 0 Å². The number of carboxylic acid groups (broad SMARTS) is 1. The highest BCUT2D eigenvalue weighted by Gasteiger charge is 2.31. The van der Waals surface area contributed by atoms with Gasteiger partial charge in [-0.25, -0.2) is 9.59 Å². The third-order valence-corrected chi connectivity index (χ3v) is 6.82. The second-order valence-electron chi connectivity index (χ2n) is 9.66. The Labute approximate surface area is 208 Å². The van der Waals surface area contributed by atoms with Gasteiger partial charge in [0.1, 0.15) is 0 Å². The van der Waals surface area contributed by atoms with Crippen LogP contribution >= 0.6 is 0 Å². The molecule has 1 aromatic heterocycles. The molecule has 3 rings (SSSR count). The summed E-state index contributed by atoms with van der Waals surface area (Å²) >= 11 is 0. The predicted molar refractivity (Wildman–Crippen MR) is 125 cm³/mol. The van der Waals surface area contributed by atoms with Gasteiger partial charge in [0.2, 0.25) is 11.8 Å². The number of carbonyl (C=O) groups excluding carboxylic acids is 3. The highest BCUT2D eigenvalue weighted by atomic mass is 16.6. The van der Waals surface area contributed by atoms with E-state index < -0.39 is 23.9 Å². The smallest absolute Gasteiger partial charge is 0.481 e. The van der Waals surface area contributed by atoms with Gasteiger partial charge in [0, 0.05) is 31.6 Å². The number of ether oxygens (including phenoxy) is 1. The topological polar surface area (TPSA) is 160 Å². The van der Waals surface area contributed by atoms with Crippen LogP contribution < -0.4 is 11.1 Å². The van der Waals surface area contributed by atoms with Crippen LogP contribution in [0.15, 0.2) is 13.6 Å². The highest BCUT2D eigenvalue weighted by molar-refractivity contribution is 5.86. The van der Waals surface area contributed by atoms with Crippen LogP contribution in [0, 0.1) is 18.8 Å². The standard InChI is InChI=1S/C24H35N3O9/c1-15(12-21(29)30)25-20(28)13-27-9-3-4-18(22(27)31)6-5-17-7-10-26(11-8-17)23(32)34-14-19-16(2)35-24(33)36-19/h15,17-18H,3-14H2,1-2H3,(H,25,28)(H,29,30)/t15-,18+/m1/s1. The van der Waals surface area contributed by atoms with Crippen molar-refractivity contribution in [3.63, 3.8) is 0 Å². The molecular formula is C24H35N3O9. The highest BCUT2D eigenvalue weighted by Crippen LogP contribution is 2.28. The molecular weight excluding hydrogens is 474 g/mol. The van der Waals surface area contributed by atoms with E-state index in [9.17, 15) is 24.0 Å². The first-order valence-corrected chi connectivity index (χ1v) is 12.4. The minimum absolute atomic E-state index is 0.0236. The van der Waals surface area contributed by atoms with Gasteiger partial charge < -0.3 is 33.8 Å². The Hall–Kier alpha value is -3.31. The number of carbonyl (C=O) groups is 4. The number of piperidine rings is 2. The second-order valence-corrected chi connectivity index (χ2v) is 9.66. The second kappa shape index (κ2) is 12.6. The SMILES string of the molecule is Cc1oc(=O)oc1COC(=O)N1CCC(CC[C@@H]2CCCN(CC(=O)N[C@H](C)CC(=O)O)C2=O)CC1. The number of rotatable bonds is 10. The van der Waals surface area contributed by atoms with Crippen molar-refractivity contribution in [2.24, 2.45) is 11.8 Å². The Morgan fingerprint density at radius 2 is 1.83 bits per heavy atom. The van der Waals surface area contributed by atoms with Gasteiger partial charge in [-0.15, -0.1) is 0 Å². The summed E-state index contributed by atoms with van der Waals surface area (Å²) in [6.45, 7) is 4.60. The lowest BCUT2D eigenvalue weighted by molar-refractivity contribution is -0.143. The summed E-state index contributed by atoms with van der Waals surface area (Å²) in [5, 5.41) is 11.5. The first kappa shape index (κ1) is 27.3. The quantitative estimate of drug-likeness (QED) is 0.480. The Kier molecular flexibility index (Phi) is 9.54. The van der Waals surface area contributed by atoms with E-state index >= 15 is 0 Å². The molecule has 2 aliphatic rings. The number of nitrogens with zero attached hydrogens (tertiary/aromatic N) is 2. The maximum Gasteiger partial charge on any atom is 0.519 e. The van der Waals surface area contributed by atoms with Crippen molar-refractivity contribution in [3.05, 3.63) is 22.1 Å². The average molecular weight is 510 g/mol. The average Bonchev–Trinajstić information content (AvgIpc) is 3.14. The number of likely N-dealkylation sites (tertiary alicyclic amines) is 2. The Morgan fingerprint density at radius 1 is 1.11 bits per heavy atom. The zero-order chi connectivity index (χ0) is 26.2. The van der Waals surface area contributed by atoms with Crippen molar-refractivity contribution in [1.82, 2.24) is 15.1 Å². The molecule has 0 saturated carbocycles. The third kappa shape index (κ3) is 7.85. The van der Waals surface area contributed by atoms with Crippen LogP contribution in [0.5, 0.6) is 0 Å². The van der Waals surface area contributed by atoms with Gasteiger partial charge in [0.25, 0.3) is 0 Å². The van der Waals surface area contributed by atoms with E-state index in [1.54, 1.807) is 23.6 Å². The van der Waals surface area contributed by atoms with Crippen LogP contribution in [0.25, 0.3) is 0 Å². The van der Waals surface area contributed by atoms with Crippen LogP contribution in [-0.4, -0.2) is 71.0 Å². The Balaban J connectivity index is 1.37. The summed E-state index contributed by atoms with van der Waals surface area (Å²) in [6, 6.07) is -0.496. The normalized spacial score (nSPS) is 19.7. The maximum absolute atomic E-state index is 12.9. The van der Waals surface area contributed by atoms with Crippen molar-refractivity contribution < 1.29 is 37.9 Å². The minimum atomic E-state index is -0.987. The number of hydrogen-bond acceptors (Lipinski definition) is 8. The molecule has 200 valence electrons. The van der Waals surface area contributed by atoms with Crippen molar-refractivity contribution in [2.45, 2.75) is 71.4 Å². The number of hydrogen-bond donors (Lipinski definition) is 2. The molecule has 12 nitrogen and oxygen atoms in total. The van der Waals surface area contributed by atoms with Gasteiger partial charge in [-0.2, -0.15) is 0 Å². The molecule has 2 aliphatic heterocycles. The van der Waals surface area contributed by atoms with Crippen LogP contribution in [0.4, 0.5) is 4.79 Å². The van der Waals surface area contributed by atoms with Crippen molar-refractivity contribution in [2.75, 3.05) is 26.2 Å². The molecule has 0 aromatic carbocycles. The van der Waals surface area contributed by atoms with Crippen LogP contribution in [-0.2, 0) is 25.7 Å². The third-order valence-electron chi connectivity index (χ3n) is 6.82. The molecule has 0 radical (unpaired) electrons. The van der Waals surface area contributed by atoms with Crippen LogP contribution in [0.1, 0.15) is 63.4 Å². The van der Waals surface area contributed by atoms with E-state index in [1.807, 2.05) is 0 Å². The molecule has 2 N–H and O–H groups in total. The van der Waals surface area contributed by atoms with E-state index in [4.69, 9.17) is 18.7 Å². The molecule has 0 spiro atoms. The van der Waals surface area contributed by atoms with Gasteiger partial charge in [-0.05, 0) is 58.3 Å². The molecule has 0 bridgehead atoms. The van der Waals surface area contributed by atoms with Gasteiger partial charge in [0.05, 0.1) is 13.0 Å². The summed E-state index contributed by atoms with van der Waals surface area (Å²) in [7, 11) is 0. The molecule has 12 heteroatoms. The van der Waals surface area contributed by atoms with Crippen molar-refractivity contribution in [1.29, 1.82) is 0 Å². The molecule has 2 fully saturated rings. The van der Waals surface area contributed by atoms with E-state index in [0.29, 0.717) is 25.6 Å². The summed E-state index contributed by atoms with van der Waals surface area (Å²) < 4.78 is 14.8. The molecule has 0 aliphatic carbocycles. The molecule has 36 heavy (non-hydrogen) atoms. The first-order chi connectivity index (χ1) is 17.1. The van der Waals surface area contributed by atoms with E-state index in [0.717, 1.165) is 38.5 Å². The summed E-state index contributed by atoms with van der Waals surface area (Å²) in [5.74, 6) is -1.43. The lowest BCUT2D eigenvalue weighted by atomic mass is 9.85. The number of amides is 3. The molecule has 3 amide bonds. The molecule has 2 atom stereocenters. The van der Waals surface area contributed by atoms with Crippen molar-refractivity contribution >= 4 is 23.9 Å². The molecule has 0 unspecified atom stereocenters. The Morgan fingerprint density at radius 3 is 2.47 bits per heavy atom. The summed E-state index contributed by atoms with van der Waals surface area (Å²) in [6.07, 6.45) is 4.21. The monoisotopic (exact) mass is 509 g/mol. The minimum Gasteiger partial charge on any atom is -0.481 e. The number of aliphatic carboxylic acids is 1. The van der Waals surface area contributed by atoms with Gasteiger partial charge in [-0.3, -0.25) is 14.4 Å². The fourth-order valence-corrected chi connectivity index (χ4v) is 4.82. The molecule has 2 saturated heterocycles. The van der Waals surface area contributed by atoms with E-state index in [1.165, 1.54) is 0 Å². The largest absolute Gasteiger partial charge is 0.519 e. The van der Waals surface area contributed by atoms with Gasteiger partial charge in [0.15, 0.2) is 18.1 Å². The zero-order valence-corrected chi connectivity index (χ0v) is 20.8. The van der Waals surface area contributed by atoms with Gasteiger partial charge >= 0.3 is 17.9 Å². The zero-order valence-electron chi connectivity index (χ0n) is 20.8. The number of carboxylic acids is 1. The fourth-order valence-electron chi connectivity index (χ4n) is 4.82. The lowest BCUT2D eigenvalue weighted by Crippen LogP contribution is -2.48. The van der Waals surface area contributed by atoms with Crippen LogP contribution in [0.3, 0.4) is 0 Å². The first-order valence-electron chi connectivity index (χ1n) is 12.4. The summed E-state index contributed by atoms with van der Waals surface area (Å²) in [5.41, 5.74) is 0. The van der Waals surface area contributed by atoms with Crippen LogP contribution in [0.2, 0.25) is 0 Å². The predicted octanol–water partition coefficient (Wildman–Crippen LogP) is 1.89. The maximum atomic E-state index is 12.9. The fraction of sp³-hybridized carbons (Fsp3) is 0.708. The molecule has 1 aromatic rings. The van der Waals surface area contributed by atoms with Gasteiger partial charge in [-0.1, -0.05) is 0 Å². The Bertz CT molecular complexity index is 993. The van der Waals surface area contributed by atoms with E-state index in [-0.39, 0.29) is 48.8 Å². The lowest BCUT2D eigenvalue weighted by Gasteiger charge is -2.34. The van der Waals surface area contributed by atoms with E-state index in [2.05, 4.69) is 5.32 Å². The molecule has 3 heterocycles.